The van der Waals surface area contributed by atoms with Crippen LogP contribution in [0.15, 0.2) is 47.4 Å². The first kappa shape index (κ1) is 15.3. The number of nitrogen functional groups attached to an aromatic ring is 1. The van der Waals surface area contributed by atoms with Crippen molar-refractivity contribution in [3.63, 3.8) is 0 Å². The number of nitrogens with one attached hydrogen (secondary N) is 1. The maximum absolute atomic E-state index is 11.2. The van der Waals surface area contributed by atoms with Crippen LogP contribution in [-0.2, 0) is 23.2 Å². The Morgan fingerprint density at radius 2 is 1.67 bits per heavy atom. The van der Waals surface area contributed by atoms with Gasteiger partial charge in [-0.05, 0) is 29.3 Å². The lowest BCUT2D eigenvalue weighted by Crippen LogP contribution is -2.13. The predicted molar refractivity (Wildman–Crippen MR) is 81.9 cm³/mol. The smallest absolute Gasteiger partial charge is 0.238 e. The number of primary sulfonamides is 1. The fraction of sp³-hybridized carbons (Fsp3) is 0.143. The summed E-state index contributed by atoms with van der Waals surface area (Å²) in [5.74, 6) is 0. The Labute approximate surface area is 123 Å². The Kier molecular flexibility index (Phi) is 4.46. The predicted octanol–water partition coefficient (Wildman–Crippen LogP) is 1.02. The standard InChI is InChI=1S/C14H17N3O3S/c15-13-7-12(21(16,19)20)5-6-14(13)17-8-10-1-3-11(9-18)4-2-10/h1-7,17-18H,8-9,15H2,(H2,16,19,20). The molecule has 6 nitrogen and oxygen atoms in total. The van der Waals surface area contributed by atoms with Crippen molar-refractivity contribution in [2.45, 2.75) is 18.0 Å². The van der Waals surface area contributed by atoms with Crippen LogP contribution >= 0.6 is 0 Å². The molecule has 0 aliphatic rings. The number of hydrogen-bond acceptors (Lipinski definition) is 5. The number of aliphatic hydroxyl groups excluding tert-OH is 1. The van der Waals surface area contributed by atoms with Crippen molar-refractivity contribution in [3.8, 4) is 0 Å². The molecule has 21 heavy (non-hydrogen) atoms. The Balaban J connectivity index is 2.09. The van der Waals surface area contributed by atoms with Crippen LogP contribution in [0.4, 0.5) is 11.4 Å². The Morgan fingerprint density at radius 3 is 2.19 bits per heavy atom. The highest BCUT2D eigenvalue weighted by atomic mass is 32.2. The molecule has 0 aliphatic heterocycles. The molecule has 0 atom stereocenters. The van der Waals surface area contributed by atoms with Gasteiger partial charge in [0, 0.05) is 6.54 Å². The van der Waals surface area contributed by atoms with E-state index in [0.717, 1.165) is 11.1 Å². The molecule has 0 amide bonds. The van der Waals surface area contributed by atoms with Gasteiger partial charge in [0.2, 0.25) is 10.0 Å². The Bertz CT molecular complexity index is 728. The molecule has 0 radical (unpaired) electrons. The third-order valence-corrected chi connectivity index (χ3v) is 3.95. The summed E-state index contributed by atoms with van der Waals surface area (Å²) in [6, 6.07) is 11.8. The van der Waals surface area contributed by atoms with E-state index in [1.807, 2.05) is 24.3 Å². The molecule has 0 saturated heterocycles. The molecule has 7 heteroatoms. The monoisotopic (exact) mass is 307 g/mol. The zero-order valence-corrected chi connectivity index (χ0v) is 12.1. The quantitative estimate of drug-likeness (QED) is 0.615. The van der Waals surface area contributed by atoms with Crippen molar-refractivity contribution in [1.82, 2.24) is 0 Å². The second-order valence-corrected chi connectivity index (χ2v) is 6.18. The summed E-state index contributed by atoms with van der Waals surface area (Å²) in [5.41, 5.74) is 8.62. The molecule has 0 aliphatic carbocycles. The fourth-order valence-corrected chi connectivity index (χ4v) is 2.39. The highest BCUT2D eigenvalue weighted by Gasteiger charge is 2.09. The number of sulfonamides is 1. The summed E-state index contributed by atoms with van der Waals surface area (Å²) >= 11 is 0. The van der Waals surface area contributed by atoms with Crippen molar-refractivity contribution in [1.29, 1.82) is 0 Å². The molecule has 112 valence electrons. The summed E-state index contributed by atoms with van der Waals surface area (Å²) in [6.45, 7) is 0.542. The highest BCUT2D eigenvalue weighted by molar-refractivity contribution is 7.89. The number of benzene rings is 2. The van der Waals surface area contributed by atoms with Crippen LogP contribution < -0.4 is 16.2 Å². The van der Waals surface area contributed by atoms with Gasteiger partial charge in [0.1, 0.15) is 0 Å². The number of nitrogens with two attached hydrogens (primary N) is 2. The van der Waals surface area contributed by atoms with E-state index >= 15 is 0 Å². The van der Waals surface area contributed by atoms with Gasteiger partial charge in [-0.25, -0.2) is 13.6 Å². The summed E-state index contributed by atoms with van der Waals surface area (Å²) in [6.07, 6.45) is 0. The molecule has 0 aromatic heterocycles. The maximum atomic E-state index is 11.2. The molecule has 2 aromatic carbocycles. The lowest BCUT2D eigenvalue weighted by Gasteiger charge is -2.11. The molecular formula is C14H17N3O3S. The first-order valence-electron chi connectivity index (χ1n) is 6.25. The molecular weight excluding hydrogens is 290 g/mol. The van der Waals surface area contributed by atoms with Crippen molar-refractivity contribution >= 4 is 21.4 Å². The minimum Gasteiger partial charge on any atom is -0.397 e. The third-order valence-electron chi connectivity index (χ3n) is 3.04. The first-order chi connectivity index (χ1) is 9.90. The lowest BCUT2D eigenvalue weighted by atomic mass is 10.1. The van der Waals surface area contributed by atoms with Crippen molar-refractivity contribution in [2.75, 3.05) is 11.1 Å². The van der Waals surface area contributed by atoms with Gasteiger partial charge >= 0.3 is 0 Å². The minimum absolute atomic E-state index is 0.00960. The van der Waals surface area contributed by atoms with Gasteiger partial charge in [0.25, 0.3) is 0 Å². The summed E-state index contributed by atoms with van der Waals surface area (Å²) in [5, 5.41) is 17.1. The van der Waals surface area contributed by atoms with Crippen molar-refractivity contribution in [2.24, 2.45) is 5.14 Å². The highest BCUT2D eigenvalue weighted by Crippen LogP contribution is 2.22. The normalized spacial score (nSPS) is 11.3. The molecule has 0 saturated carbocycles. The van der Waals surface area contributed by atoms with Crippen LogP contribution in [-0.4, -0.2) is 13.5 Å². The number of rotatable bonds is 5. The summed E-state index contributed by atoms with van der Waals surface area (Å²) < 4.78 is 22.4. The fourth-order valence-electron chi connectivity index (χ4n) is 1.84. The summed E-state index contributed by atoms with van der Waals surface area (Å²) in [4.78, 5) is -0.0159. The van der Waals surface area contributed by atoms with Gasteiger partial charge in [-0.3, -0.25) is 0 Å². The molecule has 2 rings (SSSR count). The van der Waals surface area contributed by atoms with Crippen LogP contribution in [0.5, 0.6) is 0 Å². The number of anilines is 2. The van der Waals surface area contributed by atoms with Crippen molar-refractivity contribution < 1.29 is 13.5 Å². The first-order valence-corrected chi connectivity index (χ1v) is 7.79. The van der Waals surface area contributed by atoms with Gasteiger partial charge < -0.3 is 16.2 Å². The second-order valence-electron chi connectivity index (χ2n) is 4.62. The number of aliphatic hydroxyl groups is 1. The Hall–Kier alpha value is -2.09. The Morgan fingerprint density at radius 1 is 1.05 bits per heavy atom. The molecule has 2 aromatic rings. The SMILES string of the molecule is Nc1cc(S(N)(=O)=O)ccc1NCc1ccc(CO)cc1. The van der Waals surface area contributed by atoms with Gasteiger partial charge in [-0.1, -0.05) is 24.3 Å². The van der Waals surface area contributed by atoms with E-state index in [2.05, 4.69) is 5.32 Å². The third kappa shape index (κ3) is 3.94. The largest absolute Gasteiger partial charge is 0.397 e. The topological polar surface area (TPSA) is 118 Å². The molecule has 0 heterocycles. The average Bonchev–Trinajstić information content (AvgIpc) is 2.45. The van der Waals surface area contributed by atoms with E-state index in [4.69, 9.17) is 16.0 Å². The lowest BCUT2D eigenvalue weighted by molar-refractivity contribution is 0.282. The van der Waals surface area contributed by atoms with E-state index in [-0.39, 0.29) is 11.5 Å². The molecule has 0 unspecified atom stereocenters. The molecule has 6 N–H and O–H groups in total. The van der Waals surface area contributed by atoms with Crippen LogP contribution in [0.3, 0.4) is 0 Å². The zero-order valence-electron chi connectivity index (χ0n) is 11.3. The molecule has 0 spiro atoms. The van der Waals surface area contributed by atoms with Gasteiger partial charge in [-0.15, -0.1) is 0 Å². The van der Waals surface area contributed by atoms with Crippen LogP contribution in [0.25, 0.3) is 0 Å². The van der Waals surface area contributed by atoms with Crippen LogP contribution in [0.2, 0.25) is 0 Å². The van der Waals surface area contributed by atoms with E-state index in [0.29, 0.717) is 17.9 Å². The van der Waals surface area contributed by atoms with E-state index < -0.39 is 10.0 Å². The van der Waals surface area contributed by atoms with E-state index in [9.17, 15) is 8.42 Å². The van der Waals surface area contributed by atoms with E-state index in [1.54, 1.807) is 6.07 Å². The minimum atomic E-state index is -3.75. The van der Waals surface area contributed by atoms with Gasteiger partial charge in [0.15, 0.2) is 0 Å². The van der Waals surface area contributed by atoms with Crippen LogP contribution in [0.1, 0.15) is 11.1 Å². The molecule has 0 bridgehead atoms. The maximum Gasteiger partial charge on any atom is 0.238 e. The van der Waals surface area contributed by atoms with E-state index in [1.165, 1.54) is 12.1 Å². The van der Waals surface area contributed by atoms with Gasteiger partial charge in [0.05, 0.1) is 22.9 Å². The van der Waals surface area contributed by atoms with Crippen LogP contribution in [0, 0.1) is 0 Å². The molecule has 0 fully saturated rings. The van der Waals surface area contributed by atoms with Gasteiger partial charge in [-0.2, -0.15) is 0 Å². The number of hydrogen-bond donors (Lipinski definition) is 4. The average molecular weight is 307 g/mol. The zero-order chi connectivity index (χ0) is 15.5. The second kappa shape index (κ2) is 6.13. The summed E-state index contributed by atoms with van der Waals surface area (Å²) in [7, 11) is -3.75. The van der Waals surface area contributed by atoms with Crippen molar-refractivity contribution in [3.05, 3.63) is 53.6 Å².